The van der Waals surface area contributed by atoms with E-state index in [1.165, 1.54) is 0 Å². The van der Waals surface area contributed by atoms with Gasteiger partial charge in [0.1, 0.15) is 18.2 Å². The van der Waals surface area contributed by atoms with Gasteiger partial charge < -0.3 is 35.6 Å². The van der Waals surface area contributed by atoms with Gasteiger partial charge in [-0.2, -0.15) is 4.31 Å². The van der Waals surface area contributed by atoms with Gasteiger partial charge in [0.15, 0.2) is 6.23 Å². The predicted molar refractivity (Wildman–Crippen MR) is 86.7 cm³/mol. The van der Waals surface area contributed by atoms with E-state index in [-0.39, 0.29) is 0 Å². The Labute approximate surface area is 154 Å². The Morgan fingerprint density at radius 2 is 2.00 bits per heavy atom. The van der Waals surface area contributed by atoms with Gasteiger partial charge in [0, 0.05) is 12.3 Å². The number of phosphoric ester groups is 1. The molecule has 1 aromatic rings. The molecular weight excluding hydrogens is 430 g/mol. The molecule has 16 nitrogen and oxygen atoms in total. The van der Waals surface area contributed by atoms with Crippen LogP contribution < -0.4 is 22.3 Å². The second kappa shape index (κ2) is 8.24. The predicted octanol–water partition coefficient (Wildman–Crippen LogP) is -2.94. The number of nitrogens with two attached hydrogens (primary N) is 1. The van der Waals surface area contributed by atoms with Crippen LogP contribution in [0.5, 0.6) is 0 Å². The fourth-order valence-electron chi connectivity index (χ4n) is 2.39. The fraction of sp³-hybridized carbons (Fsp3) is 0.500. The number of aliphatic hydroxyl groups is 1. The summed E-state index contributed by atoms with van der Waals surface area (Å²) in [5.41, 5.74) is 3.33. The smallest absolute Gasteiger partial charge is 0.388 e. The lowest BCUT2D eigenvalue weighted by Crippen LogP contribution is -2.50. The van der Waals surface area contributed by atoms with Crippen LogP contribution in [-0.4, -0.2) is 60.2 Å². The molecule has 8 N–H and O–H groups in total. The minimum Gasteiger partial charge on any atom is -0.388 e. The molecule has 0 spiro atoms. The third-order valence-electron chi connectivity index (χ3n) is 3.42. The summed E-state index contributed by atoms with van der Waals surface area (Å²) < 4.78 is 36.2. The molecule has 0 radical (unpaired) electrons. The minimum atomic E-state index is -5.36. The fourth-order valence-corrected chi connectivity index (χ4v) is 3.99. The Morgan fingerprint density at radius 1 is 1.36 bits per heavy atom. The van der Waals surface area contributed by atoms with Crippen molar-refractivity contribution in [3.63, 3.8) is 0 Å². The van der Waals surface area contributed by atoms with Crippen LogP contribution in [0.4, 0.5) is 4.79 Å². The molecule has 0 bridgehead atoms. The molecule has 28 heavy (non-hydrogen) atoms. The van der Waals surface area contributed by atoms with Gasteiger partial charge in [-0.05, 0) is 0 Å². The van der Waals surface area contributed by atoms with Gasteiger partial charge in [0.25, 0.3) is 5.56 Å². The van der Waals surface area contributed by atoms with Crippen molar-refractivity contribution in [2.24, 2.45) is 5.73 Å². The number of ether oxygens (including phenoxy) is 1. The molecule has 18 heteroatoms. The highest BCUT2D eigenvalue weighted by molar-refractivity contribution is 7.60. The lowest BCUT2D eigenvalue weighted by atomic mass is 10.1. The first-order valence-corrected chi connectivity index (χ1v) is 10.3. The molecule has 1 fully saturated rings. The zero-order chi connectivity index (χ0) is 21.3. The summed E-state index contributed by atoms with van der Waals surface area (Å²) in [7, 11) is -10.6. The van der Waals surface area contributed by atoms with Crippen LogP contribution in [0, 0.1) is 0 Å². The zero-order valence-corrected chi connectivity index (χ0v) is 15.4. The van der Waals surface area contributed by atoms with Crippen molar-refractivity contribution in [1.82, 2.24) is 14.9 Å². The van der Waals surface area contributed by atoms with Crippen molar-refractivity contribution in [1.29, 1.82) is 0 Å². The van der Waals surface area contributed by atoms with E-state index >= 15 is 0 Å². The lowest BCUT2D eigenvalue weighted by Gasteiger charge is -2.21. The number of nitrogens with zero attached hydrogens (tertiary/aromatic N) is 1. The van der Waals surface area contributed by atoms with Gasteiger partial charge in [-0.3, -0.25) is 18.9 Å². The number of H-pyrrole nitrogens is 1. The number of primary amides is 1. The van der Waals surface area contributed by atoms with Crippen LogP contribution in [0.2, 0.25) is 0 Å². The maximum atomic E-state index is 11.9. The molecule has 1 unspecified atom stereocenters. The third kappa shape index (κ3) is 5.81. The molecule has 1 aliphatic rings. The first-order valence-electron chi connectivity index (χ1n) is 7.24. The Bertz CT molecular complexity index is 939. The summed E-state index contributed by atoms with van der Waals surface area (Å²) in [4.78, 5) is 62.6. The van der Waals surface area contributed by atoms with Gasteiger partial charge >= 0.3 is 27.4 Å². The number of aromatic amines is 1. The Hall–Kier alpha value is -1.87. The molecule has 1 saturated heterocycles. The standard InChI is InChI=1S/C10H16N4O12P2/c11-9(17)13-6-7(16)4(3-24-28(22,23)26-27(19,20)21)25-8(6)14-2-1-5(15)12-10(14)18/h1-2,4,6-8,16H,3H2,(H,22,23)(H3,11,13,17)(H,12,15,18)(H2,19,20,21)/t4-,6-,7-,8-/m1/s1. The molecule has 1 aromatic heterocycles. The number of carbonyl (C=O) groups is 1. The maximum Gasteiger partial charge on any atom is 0.481 e. The van der Waals surface area contributed by atoms with Crippen LogP contribution in [0.3, 0.4) is 0 Å². The number of amides is 2. The Balaban J connectivity index is 2.22. The van der Waals surface area contributed by atoms with Crippen molar-refractivity contribution in [3.05, 3.63) is 33.1 Å². The van der Waals surface area contributed by atoms with Crippen LogP contribution in [0.25, 0.3) is 0 Å². The molecule has 2 heterocycles. The number of hydrogen-bond acceptors (Lipinski definition) is 9. The second-order valence-corrected chi connectivity index (χ2v) is 8.27. The van der Waals surface area contributed by atoms with E-state index < -0.39 is 64.0 Å². The summed E-state index contributed by atoms with van der Waals surface area (Å²) in [5, 5.41) is 12.4. The van der Waals surface area contributed by atoms with E-state index in [9.17, 15) is 33.5 Å². The summed E-state index contributed by atoms with van der Waals surface area (Å²) in [6.45, 7) is -0.930. The van der Waals surface area contributed by atoms with Gasteiger partial charge in [-0.25, -0.2) is 18.7 Å². The highest BCUT2D eigenvalue weighted by atomic mass is 31.3. The highest BCUT2D eigenvalue weighted by Crippen LogP contribution is 2.57. The van der Waals surface area contributed by atoms with Crippen LogP contribution >= 0.6 is 15.6 Å². The average Bonchev–Trinajstić information content (AvgIpc) is 2.79. The molecule has 0 aromatic carbocycles. The molecule has 158 valence electrons. The third-order valence-corrected chi connectivity index (χ3v) is 5.57. The van der Waals surface area contributed by atoms with E-state index in [4.69, 9.17) is 20.3 Å². The molecule has 2 amide bonds. The molecule has 2 rings (SSSR count). The van der Waals surface area contributed by atoms with Crippen molar-refractivity contribution in [3.8, 4) is 0 Å². The number of phosphoric acid groups is 2. The summed E-state index contributed by atoms with van der Waals surface area (Å²) >= 11 is 0. The maximum absolute atomic E-state index is 11.9. The lowest BCUT2D eigenvalue weighted by molar-refractivity contribution is -0.0459. The number of hydrogen-bond donors (Lipinski definition) is 7. The van der Waals surface area contributed by atoms with E-state index in [2.05, 4.69) is 14.2 Å². The number of urea groups is 1. The zero-order valence-electron chi connectivity index (χ0n) is 13.6. The van der Waals surface area contributed by atoms with Gasteiger partial charge in [0.2, 0.25) is 0 Å². The normalized spacial score (nSPS) is 27.3. The average molecular weight is 446 g/mol. The first-order chi connectivity index (χ1) is 12.8. The van der Waals surface area contributed by atoms with E-state index in [0.29, 0.717) is 0 Å². The van der Waals surface area contributed by atoms with Gasteiger partial charge in [0.05, 0.1) is 6.61 Å². The first kappa shape index (κ1) is 22.4. The summed E-state index contributed by atoms with van der Waals surface area (Å²) in [6.07, 6.45) is -3.53. The second-order valence-electron chi connectivity index (χ2n) is 5.44. The van der Waals surface area contributed by atoms with E-state index in [1.54, 1.807) is 0 Å². The number of nitrogens with one attached hydrogen (secondary N) is 2. The van der Waals surface area contributed by atoms with E-state index in [0.717, 1.165) is 16.8 Å². The molecule has 0 saturated carbocycles. The molecule has 1 aliphatic heterocycles. The number of carbonyl (C=O) groups excluding carboxylic acids is 1. The summed E-state index contributed by atoms with van der Waals surface area (Å²) in [6, 6.07) is -1.50. The largest absolute Gasteiger partial charge is 0.481 e. The summed E-state index contributed by atoms with van der Waals surface area (Å²) in [5.74, 6) is 0. The van der Waals surface area contributed by atoms with Gasteiger partial charge in [-0.1, -0.05) is 0 Å². The van der Waals surface area contributed by atoms with Crippen molar-refractivity contribution >= 4 is 21.7 Å². The van der Waals surface area contributed by atoms with Gasteiger partial charge in [-0.15, -0.1) is 0 Å². The number of rotatable bonds is 7. The van der Waals surface area contributed by atoms with Crippen LogP contribution in [0.15, 0.2) is 21.9 Å². The number of aromatic nitrogens is 2. The minimum absolute atomic E-state index is 0.727. The van der Waals surface area contributed by atoms with Crippen molar-refractivity contribution in [2.75, 3.05) is 6.61 Å². The SMILES string of the molecule is NC(=O)N[C@@H]1[C@H](O)[C@@H](COP(=O)(O)OP(=O)(O)O)O[C@H]1n1ccc(=O)[nH]c1=O. The Morgan fingerprint density at radius 3 is 2.54 bits per heavy atom. The molecule has 5 atom stereocenters. The van der Waals surface area contributed by atoms with Crippen molar-refractivity contribution in [2.45, 2.75) is 24.5 Å². The Kier molecular flexibility index (Phi) is 6.60. The van der Waals surface area contributed by atoms with Crippen LogP contribution in [0.1, 0.15) is 6.23 Å². The van der Waals surface area contributed by atoms with Crippen molar-refractivity contribution < 1.29 is 47.3 Å². The molecule has 0 aliphatic carbocycles. The van der Waals surface area contributed by atoms with Crippen LogP contribution in [-0.2, 0) is 22.7 Å². The highest BCUT2D eigenvalue weighted by Gasteiger charge is 2.47. The topological polar surface area (TPSA) is 253 Å². The monoisotopic (exact) mass is 446 g/mol. The molecular formula is C10H16N4O12P2. The number of aliphatic hydroxyl groups excluding tert-OH is 1. The van der Waals surface area contributed by atoms with E-state index in [1.807, 2.05) is 4.98 Å². The quantitative estimate of drug-likeness (QED) is 0.208.